The van der Waals surface area contributed by atoms with Gasteiger partial charge in [0, 0.05) is 29.0 Å². The van der Waals surface area contributed by atoms with Crippen LogP contribution in [-0.2, 0) is 13.1 Å². The standard InChI is InChI=1S/C19H21N3OS/c1-13-9-18(19(23)21-11-17-10-20-15(3)24-17)14(2)22(13)12-16-7-5-4-6-8-16/h4-10H,11-12H2,1-3H3,(H,21,23). The van der Waals surface area contributed by atoms with Crippen LogP contribution >= 0.6 is 11.3 Å². The molecule has 2 heterocycles. The molecule has 0 atom stereocenters. The number of nitrogens with one attached hydrogen (secondary N) is 1. The molecule has 0 saturated heterocycles. The van der Waals surface area contributed by atoms with Crippen molar-refractivity contribution in [2.45, 2.75) is 33.9 Å². The number of nitrogens with zero attached hydrogens (tertiary/aromatic N) is 2. The van der Waals surface area contributed by atoms with Crippen LogP contribution in [0.15, 0.2) is 42.6 Å². The Morgan fingerprint density at radius 1 is 1.21 bits per heavy atom. The van der Waals surface area contributed by atoms with Crippen LogP contribution in [0.1, 0.15) is 37.2 Å². The Morgan fingerprint density at radius 2 is 1.96 bits per heavy atom. The number of carbonyl (C=O) groups excluding carboxylic acids is 1. The minimum absolute atomic E-state index is 0.0338. The maximum atomic E-state index is 12.5. The number of thiazole rings is 1. The lowest BCUT2D eigenvalue weighted by Crippen LogP contribution is -2.23. The van der Waals surface area contributed by atoms with E-state index in [1.165, 1.54) is 5.56 Å². The Bertz CT molecular complexity index is 849. The zero-order valence-corrected chi connectivity index (χ0v) is 15.0. The molecule has 0 radical (unpaired) electrons. The van der Waals surface area contributed by atoms with Gasteiger partial charge in [0.2, 0.25) is 0 Å². The van der Waals surface area contributed by atoms with Gasteiger partial charge >= 0.3 is 0 Å². The molecule has 0 aliphatic rings. The number of amides is 1. The molecule has 0 bridgehead atoms. The van der Waals surface area contributed by atoms with Gasteiger partial charge in [-0.2, -0.15) is 0 Å². The normalized spacial score (nSPS) is 10.8. The largest absolute Gasteiger partial charge is 0.347 e. The van der Waals surface area contributed by atoms with E-state index in [1.807, 2.05) is 51.2 Å². The maximum Gasteiger partial charge on any atom is 0.253 e. The molecule has 0 spiro atoms. The smallest absolute Gasteiger partial charge is 0.253 e. The number of hydrogen-bond donors (Lipinski definition) is 1. The van der Waals surface area contributed by atoms with E-state index in [-0.39, 0.29) is 5.91 Å². The Kier molecular flexibility index (Phi) is 4.81. The van der Waals surface area contributed by atoms with Crippen molar-refractivity contribution in [3.8, 4) is 0 Å². The molecule has 1 aromatic carbocycles. The number of aromatic nitrogens is 2. The topological polar surface area (TPSA) is 46.9 Å². The van der Waals surface area contributed by atoms with Gasteiger partial charge in [-0.3, -0.25) is 4.79 Å². The van der Waals surface area contributed by atoms with Crippen molar-refractivity contribution in [1.82, 2.24) is 14.9 Å². The SMILES string of the molecule is Cc1ncc(CNC(=O)c2cc(C)n(Cc3ccccc3)c2C)s1. The van der Waals surface area contributed by atoms with Crippen molar-refractivity contribution in [2.75, 3.05) is 0 Å². The van der Waals surface area contributed by atoms with Gasteiger partial charge < -0.3 is 9.88 Å². The minimum atomic E-state index is -0.0338. The molecular weight excluding hydrogens is 318 g/mol. The lowest BCUT2D eigenvalue weighted by atomic mass is 10.2. The summed E-state index contributed by atoms with van der Waals surface area (Å²) in [6.07, 6.45) is 1.82. The highest BCUT2D eigenvalue weighted by Crippen LogP contribution is 2.18. The third kappa shape index (κ3) is 3.57. The molecule has 3 aromatic rings. The number of aryl methyl sites for hydroxylation is 2. The van der Waals surface area contributed by atoms with Crippen molar-refractivity contribution >= 4 is 17.2 Å². The fourth-order valence-corrected chi connectivity index (χ4v) is 3.52. The predicted octanol–water partition coefficient (Wildman–Crippen LogP) is 3.85. The lowest BCUT2D eigenvalue weighted by Gasteiger charge is -2.10. The van der Waals surface area contributed by atoms with Crippen LogP contribution in [-0.4, -0.2) is 15.5 Å². The summed E-state index contributed by atoms with van der Waals surface area (Å²) in [6.45, 7) is 7.31. The molecule has 4 nitrogen and oxygen atoms in total. The number of benzene rings is 1. The van der Waals surface area contributed by atoms with E-state index >= 15 is 0 Å². The molecule has 0 aliphatic heterocycles. The van der Waals surface area contributed by atoms with Crippen LogP contribution in [0.25, 0.3) is 0 Å². The average molecular weight is 339 g/mol. The van der Waals surface area contributed by atoms with E-state index < -0.39 is 0 Å². The first kappa shape index (κ1) is 16.5. The second-order valence-electron chi connectivity index (χ2n) is 5.88. The van der Waals surface area contributed by atoms with Gasteiger partial charge in [-0.25, -0.2) is 4.98 Å². The summed E-state index contributed by atoms with van der Waals surface area (Å²) in [4.78, 5) is 17.8. The Hall–Kier alpha value is -2.40. The highest BCUT2D eigenvalue weighted by Gasteiger charge is 2.16. The fraction of sp³-hybridized carbons (Fsp3) is 0.263. The second kappa shape index (κ2) is 7.01. The van der Waals surface area contributed by atoms with E-state index in [4.69, 9.17) is 0 Å². The van der Waals surface area contributed by atoms with Gasteiger partial charge in [-0.15, -0.1) is 11.3 Å². The molecule has 0 aliphatic carbocycles. The molecular formula is C19H21N3OS. The second-order valence-corrected chi connectivity index (χ2v) is 7.20. The predicted molar refractivity (Wildman–Crippen MR) is 97.5 cm³/mol. The van der Waals surface area contributed by atoms with E-state index in [1.54, 1.807) is 11.3 Å². The molecule has 3 rings (SSSR count). The average Bonchev–Trinajstić information content (AvgIpc) is 3.12. The van der Waals surface area contributed by atoms with Crippen LogP contribution in [0.3, 0.4) is 0 Å². The lowest BCUT2D eigenvalue weighted by molar-refractivity contribution is 0.0950. The summed E-state index contributed by atoms with van der Waals surface area (Å²) in [6, 6.07) is 12.3. The van der Waals surface area contributed by atoms with Gasteiger partial charge in [0.15, 0.2) is 0 Å². The van der Waals surface area contributed by atoms with Crippen molar-refractivity contribution in [3.05, 3.63) is 75.0 Å². The number of carbonyl (C=O) groups is 1. The van der Waals surface area contributed by atoms with Crippen molar-refractivity contribution < 1.29 is 4.79 Å². The Morgan fingerprint density at radius 3 is 2.62 bits per heavy atom. The van der Waals surface area contributed by atoms with Crippen molar-refractivity contribution in [2.24, 2.45) is 0 Å². The third-order valence-electron chi connectivity index (χ3n) is 4.09. The molecule has 1 amide bonds. The van der Waals surface area contributed by atoms with Crippen LogP contribution in [0.2, 0.25) is 0 Å². The molecule has 5 heteroatoms. The van der Waals surface area contributed by atoms with Crippen LogP contribution in [0.5, 0.6) is 0 Å². The van der Waals surface area contributed by atoms with Crippen LogP contribution < -0.4 is 5.32 Å². The summed E-state index contributed by atoms with van der Waals surface area (Å²) in [5.74, 6) is -0.0338. The first-order valence-electron chi connectivity index (χ1n) is 7.94. The minimum Gasteiger partial charge on any atom is -0.347 e. The molecule has 24 heavy (non-hydrogen) atoms. The summed E-state index contributed by atoms with van der Waals surface area (Å²) in [7, 11) is 0. The Balaban J connectivity index is 1.74. The summed E-state index contributed by atoms with van der Waals surface area (Å²) in [5, 5.41) is 4.01. The molecule has 0 saturated carbocycles. The van der Waals surface area contributed by atoms with E-state index in [0.717, 1.165) is 33.4 Å². The molecule has 2 aromatic heterocycles. The van der Waals surface area contributed by atoms with Crippen molar-refractivity contribution in [1.29, 1.82) is 0 Å². The van der Waals surface area contributed by atoms with Gasteiger partial charge in [0.05, 0.1) is 17.1 Å². The molecule has 1 N–H and O–H groups in total. The van der Waals surface area contributed by atoms with Crippen LogP contribution in [0, 0.1) is 20.8 Å². The number of hydrogen-bond acceptors (Lipinski definition) is 3. The molecule has 0 unspecified atom stereocenters. The first-order valence-corrected chi connectivity index (χ1v) is 8.76. The highest BCUT2D eigenvalue weighted by molar-refractivity contribution is 7.11. The van der Waals surface area contributed by atoms with Gasteiger partial charge in [-0.05, 0) is 32.4 Å². The molecule has 0 fully saturated rings. The maximum absolute atomic E-state index is 12.5. The highest BCUT2D eigenvalue weighted by atomic mass is 32.1. The molecule has 124 valence electrons. The summed E-state index contributed by atoms with van der Waals surface area (Å²) >= 11 is 1.61. The first-order chi connectivity index (χ1) is 11.5. The zero-order valence-electron chi connectivity index (χ0n) is 14.2. The summed E-state index contributed by atoms with van der Waals surface area (Å²) < 4.78 is 2.18. The summed E-state index contributed by atoms with van der Waals surface area (Å²) in [5.41, 5.74) is 4.06. The fourth-order valence-electron chi connectivity index (χ4n) is 2.79. The van der Waals surface area contributed by atoms with Gasteiger partial charge in [-0.1, -0.05) is 30.3 Å². The quantitative estimate of drug-likeness (QED) is 0.767. The number of rotatable bonds is 5. The zero-order chi connectivity index (χ0) is 17.1. The van der Waals surface area contributed by atoms with E-state index in [9.17, 15) is 4.79 Å². The van der Waals surface area contributed by atoms with Gasteiger partial charge in [0.1, 0.15) is 0 Å². The third-order valence-corrected chi connectivity index (χ3v) is 5.01. The van der Waals surface area contributed by atoms with Crippen LogP contribution in [0.4, 0.5) is 0 Å². The monoisotopic (exact) mass is 339 g/mol. The van der Waals surface area contributed by atoms with Crippen molar-refractivity contribution in [3.63, 3.8) is 0 Å². The van der Waals surface area contributed by atoms with E-state index in [0.29, 0.717) is 6.54 Å². The van der Waals surface area contributed by atoms with Gasteiger partial charge in [0.25, 0.3) is 5.91 Å². The Labute approximate surface area is 146 Å². The van der Waals surface area contributed by atoms with E-state index in [2.05, 4.69) is 27.0 Å².